The first-order valence-electron chi connectivity index (χ1n) is 5.64. The predicted molar refractivity (Wildman–Crippen MR) is 70.4 cm³/mol. The van der Waals surface area contributed by atoms with E-state index in [1.165, 1.54) is 18.2 Å². The van der Waals surface area contributed by atoms with Crippen molar-refractivity contribution in [2.75, 3.05) is 11.9 Å². The van der Waals surface area contributed by atoms with Crippen LogP contribution in [0.3, 0.4) is 0 Å². The van der Waals surface area contributed by atoms with Crippen molar-refractivity contribution in [2.45, 2.75) is 20.8 Å². The van der Waals surface area contributed by atoms with Gasteiger partial charge in [-0.25, -0.2) is 4.39 Å². The Kier molecular flexibility index (Phi) is 4.46. The van der Waals surface area contributed by atoms with Crippen molar-refractivity contribution in [1.82, 2.24) is 0 Å². The number of rotatable bonds is 1. The van der Waals surface area contributed by atoms with Gasteiger partial charge in [0.1, 0.15) is 5.82 Å². The van der Waals surface area contributed by atoms with Crippen molar-refractivity contribution in [1.29, 1.82) is 0 Å². The number of hydrogen-bond acceptors (Lipinski definition) is 2. The van der Waals surface area contributed by atoms with Crippen molar-refractivity contribution in [3.05, 3.63) is 29.6 Å². The van der Waals surface area contributed by atoms with Crippen molar-refractivity contribution in [3.63, 3.8) is 0 Å². The Morgan fingerprint density at radius 1 is 1.44 bits per heavy atom. The highest BCUT2D eigenvalue weighted by molar-refractivity contribution is 5.94. The third kappa shape index (κ3) is 3.86. The van der Waals surface area contributed by atoms with E-state index in [4.69, 9.17) is 5.73 Å². The third-order valence-corrected chi connectivity index (χ3v) is 2.23. The molecule has 1 aromatic carbocycles. The number of carbonyl (C=O) groups excluding carboxylic acids is 1. The van der Waals surface area contributed by atoms with Crippen LogP contribution in [0.4, 0.5) is 10.1 Å². The van der Waals surface area contributed by atoms with Crippen LogP contribution in [0.2, 0.25) is 0 Å². The average molecular weight is 248 g/mol. The van der Waals surface area contributed by atoms with E-state index < -0.39 is 11.2 Å². The van der Waals surface area contributed by atoms with Crippen LogP contribution in [0, 0.1) is 23.1 Å². The molecule has 1 aromatic rings. The molecule has 0 radical (unpaired) electrons. The zero-order chi connectivity index (χ0) is 13.8. The molecule has 1 amide bonds. The molecule has 0 bridgehead atoms. The Labute approximate surface area is 107 Å². The van der Waals surface area contributed by atoms with Crippen LogP contribution in [0.1, 0.15) is 26.3 Å². The van der Waals surface area contributed by atoms with Gasteiger partial charge < -0.3 is 11.1 Å². The standard InChI is InChI=1S/C14H17FN2O/c1-14(2,3)13(18)17-11-6-7-12(15)10(9-11)5-4-8-16/h6-7,9H,8,16H2,1-3H3,(H,17,18). The van der Waals surface area contributed by atoms with Gasteiger partial charge in [-0.15, -0.1) is 0 Å². The fraction of sp³-hybridized carbons (Fsp3) is 0.357. The van der Waals surface area contributed by atoms with Crippen LogP contribution in [0.25, 0.3) is 0 Å². The third-order valence-electron chi connectivity index (χ3n) is 2.23. The molecule has 0 spiro atoms. The van der Waals surface area contributed by atoms with Gasteiger partial charge in [0.15, 0.2) is 0 Å². The highest BCUT2D eigenvalue weighted by Crippen LogP contribution is 2.19. The number of carbonyl (C=O) groups is 1. The molecule has 3 N–H and O–H groups in total. The highest BCUT2D eigenvalue weighted by atomic mass is 19.1. The zero-order valence-electron chi connectivity index (χ0n) is 10.8. The van der Waals surface area contributed by atoms with Gasteiger partial charge in [-0.3, -0.25) is 4.79 Å². The second-order valence-electron chi connectivity index (χ2n) is 4.90. The van der Waals surface area contributed by atoms with Crippen molar-refractivity contribution in [3.8, 4) is 11.8 Å². The molecule has 0 heterocycles. The number of nitrogens with one attached hydrogen (secondary N) is 1. The lowest BCUT2D eigenvalue weighted by Gasteiger charge is -2.17. The van der Waals surface area contributed by atoms with Gasteiger partial charge in [-0.05, 0) is 18.2 Å². The fourth-order valence-corrected chi connectivity index (χ4v) is 1.16. The first-order valence-corrected chi connectivity index (χ1v) is 5.64. The lowest BCUT2D eigenvalue weighted by atomic mass is 9.95. The predicted octanol–water partition coefficient (Wildman–Crippen LogP) is 2.12. The lowest BCUT2D eigenvalue weighted by molar-refractivity contribution is -0.123. The van der Waals surface area contributed by atoms with E-state index in [0.717, 1.165) is 0 Å². The average Bonchev–Trinajstić information content (AvgIpc) is 2.28. The van der Waals surface area contributed by atoms with Gasteiger partial charge in [0.2, 0.25) is 5.91 Å². The molecule has 96 valence electrons. The molecular formula is C14H17FN2O. The van der Waals surface area contributed by atoms with Gasteiger partial charge in [-0.2, -0.15) is 0 Å². The molecule has 0 fully saturated rings. The van der Waals surface area contributed by atoms with Crippen molar-refractivity contribution < 1.29 is 9.18 Å². The van der Waals surface area contributed by atoms with Crippen LogP contribution in [-0.2, 0) is 4.79 Å². The molecule has 4 heteroatoms. The smallest absolute Gasteiger partial charge is 0.229 e. The maximum absolute atomic E-state index is 13.4. The van der Waals surface area contributed by atoms with E-state index in [0.29, 0.717) is 5.69 Å². The van der Waals surface area contributed by atoms with Crippen molar-refractivity contribution in [2.24, 2.45) is 11.1 Å². The summed E-state index contributed by atoms with van der Waals surface area (Å²) in [6.07, 6.45) is 0. The van der Waals surface area contributed by atoms with Gasteiger partial charge in [-0.1, -0.05) is 32.6 Å². The maximum Gasteiger partial charge on any atom is 0.229 e. The van der Waals surface area contributed by atoms with Gasteiger partial charge in [0.05, 0.1) is 12.1 Å². The van der Waals surface area contributed by atoms with Gasteiger partial charge in [0.25, 0.3) is 0 Å². The molecule has 0 aliphatic rings. The molecule has 0 saturated carbocycles. The zero-order valence-corrected chi connectivity index (χ0v) is 10.8. The first kappa shape index (κ1) is 14.2. The van der Waals surface area contributed by atoms with Crippen LogP contribution < -0.4 is 11.1 Å². The second kappa shape index (κ2) is 5.65. The van der Waals surface area contributed by atoms with Crippen LogP contribution in [-0.4, -0.2) is 12.5 Å². The Hall–Kier alpha value is -1.86. The van der Waals surface area contributed by atoms with Crippen LogP contribution >= 0.6 is 0 Å². The van der Waals surface area contributed by atoms with E-state index in [1.807, 2.05) is 0 Å². The summed E-state index contributed by atoms with van der Waals surface area (Å²) in [5.74, 6) is 4.65. The van der Waals surface area contributed by atoms with E-state index >= 15 is 0 Å². The molecular weight excluding hydrogens is 231 g/mol. The Balaban J connectivity index is 2.96. The molecule has 0 aliphatic heterocycles. The quantitative estimate of drug-likeness (QED) is 0.748. The number of amides is 1. The molecule has 0 unspecified atom stereocenters. The first-order chi connectivity index (χ1) is 8.34. The monoisotopic (exact) mass is 248 g/mol. The van der Waals surface area contributed by atoms with Crippen LogP contribution in [0.5, 0.6) is 0 Å². The lowest BCUT2D eigenvalue weighted by Crippen LogP contribution is -2.27. The molecule has 1 rings (SSSR count). The topological polar surface area (TPSA) is 55.1 Å². The number of hydrogen-bond donors (Lipinski definition) is 2. The highest BCUT2D eigenvalue weighted by Gasteiger charge is 2.21. The summed E-state index contributed by atoms with van der Waals surface area (Å²) in [5, 5.41) is 2.72. The minimum Gasteiger partial charge on any atom is -0.326 e. The molecule has 18 heavy (non-hydrogen) atoms. The minimum atomic E-state index is -0.502. The van der Waals surface area contributed by atoms with Crippen molar-refractivity contribution >= 4 is 11.6 Å². The Morgan fingerprint density at radius 3 is 2.67 bits per heavy atom. The molecule has 0 aliphatic carbocycles. The number of nitrogens with two attached hydrogens (primary N) is 1. The second-order valence-corrected chi connectivity index (χ2v) is 4.90. The summed E-state index contributed by atoms with van der Waals surface area (Å²) in [6.45, 7) is 5.58. The fourth-order valence-electron chi connectivity index (χ4n) is 1.16. The summed E-state index contributed by atoms with van der Waals surface area (Å²) < 4.78 is 13.4. The maximum atomic E-state index is 13.4. The summed E-state index contributed by atoms with van der Waals surface area (Å²) in [5.41, 5.74) is 5.49. The summed E-state index contributed by atoms with van der Waals surface area (Å²) >= 11 is 0. The van der Waals surface area contributed by atoms with E-state index in [9.17, 15) is 9.18 Å². The Bertz CT molecular complexity index is 507. The number of benzene rings is 1. The Morgan fingerprint density at radius 2 is 2.11 bits per heavy atom. The summed E-state index contributed by atoms with van der Waals surface area (Å²) in [7, 11) is 0. The summed E-state index contributed by atoms with van der Waals surface area (Å²) in [4.78, 5) is 11.8. The molecule has 0 atom stereocenters. The minimum absolute atomic E-state index is 0.133. The van der Waals surface area contributed by atoms with E-state index in [-0.39, 0.29) is 18.0 Å². The molecule has 3 nitrogen and oxygen atoms in total. The SMILES string of the molecule is CC(C)(C)C(=O)Nc1ccc(F)c(C#CCN)c1. The molecule has 0 saturated heterocycles. The van der Waals surface area contributed by atoms with E-state index in [2.05, 4.69) is 17.2 Å². The molecule has 0 aromatic heterocycles. The van der Waals surface area contributed by atoms with Crippen LogP contribution in [0.15, 0.2) is 18.2 Å². The number of halogens is 1. The van der Waals surface area contributed by atoms with Gasteiger partial charge >= 0.3 is 0 Å². The van der Waals surface area contributed by atoms with Gasteiger partial charge in [0, 0.05) is 11.1 Å². The summed E-state index contributed by atoms with van der Waals surface area (Å²) in [6, 6.07) is 4.28. The largest absolute Gasteiger partial charge is 0.326 e. The number of anilines is 1. The van der Waals surface area contributed by atoms with E-state index in [1.54, 1.807) is 20.8 Å². The normalized spacial score (nSPS) is 10.5.